The molecule has 2 rings (SSSR count). The molecule has 0 aliphatic heterocycles. The quantitative estimate of drug-likeness (QED) is 0.811. The Morgan fingerprint density at radius 2 is 1.78 bits per heavy atom. The van der Waals surface area contributed by atoms with Gasteiger partial charge in [0.15, 0.2) is 0 Å². The number of hydrogen-bond acceptors (Lipinski definition) is 2. The average Bonchev–Trinajstić information content (AvgIpc) is 2.46. The van der Waals surface area contributed by atoms with Gasteiger partial charge >= 0.3 is 0 Å². The summed E-state index contributed by atoms with van der Waals surface area (Å²) in [6.45, 7) is 4.38. The molecule has 2 nitrogen and oxygen atoms in total. The lowest BCUT2D eigenvalue weighted by Crippen LogP contribution is -2.05. The van der Waals surface area contributed by atoms with Gasteiger partial charge < -0.3 is 0 Å². The van der Waals surface area contributed by atoms with E-state index in [2.05, 4.69) is 37.0 Å². The fourth-order valence-corrected chi connectivity index (χ4v) is 2.11. The molecule has 0 fully saturated rings. The third kappa shape index (κ3) is 2.57. The standard InChI is InChI=1S/C16H16N2/c1-12(13(2)16-7-4-8-18-11-16)15-6-3-5-14(9-15)10-17/h3-9,11-13H,1-2H3. The Morgan fingerprint density at radius 3 is 2.44 bits per heavy atom. The average molecular weight is 236 g/mol. The third-order valence-electron chi connectivity index (χ3n) is 3.50. The molecule has 0 aliphatic carbocycles. The predicted octanol–water partition coefficient (Wildman–Crippen LogP) is 3.86. The zero-order valence-electron chi connectivity index (χ0n) is 10.7. The van der Waals surface area contributed by atoms with Crippen molar-refractivity contribution in [1.29, 1.82) is 5.26 Å². The summed E-state index contributed by atoms with van der Waals surface area (Å²) in [5, 5.41) is 8.94. The van der Waals surface area contributed by atoms with Crippen LogP contribution in [0.15, 0.2) is 48.8 Å². The molecular formula is C16H16N2. The second-order valence-corrected chi connectivity index (χ2v) is 4.60. The molecular weight excluding hydrogens is 220 g/mol. The number of aromatic nitrogens is 1. The Labute approximate surface area is 108 Å². The van der Waals surface area contributed by atoms with Crippen molar-refractivity contribution >= 4 is 0 Å². The van der Waals surface area contributed by atoms with E-state index in [-0.39, 0.29) is 0 Å². The normalized spacial score (nSPS) is 13.6. The van der Waals surface area contributed by atoms with Gasteiger partial charge in [-0.2, -0.15) is 5.26 Å². The number of pyridine rings is 1. The first-order chi connectivity index (χ1) is 8.72. The fourth-order valence-electron chi connectivity index (χ4n) is 2.11. The van der Waals surface area contributed by atoms with Crippen LogP contribution in [0.25, 0.3) is 0 Å². The first-order valence-corrected chi connectivity index (χ1v) is 6.12. The minimum absolute atomic E-state index is 0.363. The van der Waals surface area contributed by atoms with Crippen molar-refractivity contribution in [2.24, 2.45) is 0 Å². The summed E-state index contributed by atoms with van der Waals surface area (Å²) in [5.74, 6) is 0.746. The topological polar surface area (TPSA) is 36.7 Å². The first kappa shape index (κ1) is 12.3. The SMILES string of the molecule is CC(c1cccnc1)C(C)c1cccc(C#N)c1. The molecule has 0 radical (unpaired) electrons. The summed E-state index contributed by atoms with van der Waals surface area (Å²) in [6.07, 6.45) is 3.70. The van der Waals surface area contributed by atoms with Crippen LogP contribution >= 0.6 is 0 Å². The lowest BCUT2D eigenvalue weighted by atomic mass is 9.84. The van der Waals surface area contributed by atoms with Gasteiger partial charge in [0.1, 0.15) is 0 Å². The van der Waals surface area contributed by atoms with Gasteiger partial charge in [-0.25, -0.2) is 0 Å². The Kier molecular flexibility index (Phi) is 3.74. The molecule has 2 atom stereocenters. The first-order valence-electron chi connectivity index (χ1n) is 6.12. The largest absolute Gasteiger partial charge is 0.264 e. The molecule has 0 saturated carbocycles. The summed E-state index contributed by atoms with van der Waals surface area (Å²) < 4.78 is 0. The van der Waals surface area contributed by atoms with Crippen molar-refractivity contribution < 1.29 is 0 Å². The van der Waals surface area contributed by atoms with Gasteiger partial charge in [0, 0.05) is 12.4 Å². The third-order valence-corrected chi connectivity index (χ3v) is 3.50. The van der Waals surface area contributed by atoms with Gasteiger partial charge in [0.05, 0.1) is 11.6 Å². The second kappa shape index (κ2) is 5.46. The number of rotatable bonds is 3. The predicted molar refractivity (Wildman–Crippen MR) is 72.2 cm³/mol. The molecule has 18 heavy (non-hydrogen) atoms. The summed E-state index contributed by atoms with van der Waals surface area (Å²) in [5.41, 5.74) is 3.15. The smallest absolute Gasteiger partial charge is 0.0991 e. The summed E-state index contributed by atoms with van der Waals surface area (Å²) in [6, 6.07) is 14.1. The molecule has 2 heteroatoms. The number of nitrogens with zero attached hydrogens (tertiary/aromatic N) is 2. The Morgan fingerprint density at radius 1 is 1.06 bits per heavy atom. The van der Waals surface area contributed by atoms with Crippen LogP contribution in [-0.2, 0) is 0 Å². The summed E-state index contributed by atoms with van der Waals surface area (Å²) in [7, 11) is 0. The van der Waals surface area contributed by atoms with Crippen LogP contribution in [-0.4, -0.2) is 4.98 Å². The van der Waals surface area contributed by atoms with E-state index in [1.807, 2.05) is 30.5 Å². The molecule has 0 spiro atoms. The highest BCUT2D eigenvalue weighted by atomic mass is 14.6. The lowest BCUT2D eigenvalue weighted by Gasteiger charge is -2.20. The maximum atomic E-state index is 8.94. The molecule has 0 N–H and O–H groups in total. The van der Waals surface area contributed by atoms with Gasteiger partial charge in [-0.15, -0.1) is 0 Å². The van der Waals surface area contributed by atoms with E-state index in [9.17, 15) is 0 Å². The van der Waals surface area contributed by atoms with E-state index in [0.717, 1.165) is 5.56 Å². The number of benzene rings is 1. The Hall–Kier alpha value is -2.14. The van der Waals surface area contributed by atoms with Crippen LogP contribution in [0.5, 0.6) is 0 Å². The van der Waals surface area contributed by atoms with Crippen molar-refractivity contribution in [2.45, 2.75) is 25.7 Å². The van der Waals surface area contributed by atoms with E-state index >= 15 is 0 Å². The van der Waals surface area contributed by atoms with E-state index < -0.39 is 0 Å². The van der Waals surface area contributed by atoms with E-state index in [4.69, 9.17) is 5.26 Å². The van der Waals surface area contributed by atoms with E-state index in [1.165, 1.54) is 11.1 Å². The lowest BCUT2D eigenvalue weighted by molar-refractivity contribution is 0.621. The molecule has 1 aromatic carbocycles. The van der Waals surface area contributed by atoms with Gasteiger partial charge in [0.25, 0.3) is 0 Å². The minimum atomic E-state index is 0.363. The Balaban J connectivity index is 2.26. The minimum Gasteiger partial charge on any atom is -0.264 e. The van der Waals surface area contributed by atoms with E-state index in [0.29, 0.717) is 11.8 Å². The maximum Gasteiger partial charge on any atom is 0.0991 e. The van der Waals surface area contributed by atoms with Crippen LogP contribution in [0.4, 0.5) is 0 Å². The van der Waals surface area contributed by atoms with Crippen molar-refractivity contribution in [3.8, 4) is 6.07 Å². The van der Waals surface area contributed by atoms with Crippen LogP contribution in [0.3, 0.4) is 0 Å². The van der Waals surface area contributed by atoms with Crippen LogP contribution < -0.4 is 0 Å². The highest BCUT2D eigenvalue weighted by Crippen LogP contribution is 2.31. The number of nitriles is 1. The summed E-state index contributed by atoms with van der Waals surface area (Å²) >= 11 is 0. The zero-order chi connectivity index (χ0) is 13.0. The van der Waals surface area contributed by atoms with Crippen LogP contribution in [0.1, 0.15) is 42.4 Å². The van der Waals surface area contributed by atoms with Crippen molar-refractivity contribution in [2.75, 3.05) is 0 Å². The van der Waals surface area contributed by atoms with Crippen molar-refractivity contribution in [3.63, 3.8) is 0 Å². The van der Waals surface area contributed by atoms with Gasteiger partial charge in [-0.05, 0) is 41.2 Å². The summed E-state index contributed by atoms with van der Waals surface area (Å²) in [4.78, 5) is 4.16. The van der Waals surface area contributed by atoms with Gasteiger partial charge in [-0.1, -0.05) is 32.0 Å². The molecule has 2 unspecified atom stereocenters. The molecule has 0 aliphatic rings. The maximum absolute atomic E-state index is 8.94. The zero-order valence-corrected chi connectivity index (χ0v) is 10.7. The fraction of sp³-hybridized carbons (Fsp3) is 0.250. The molecule has 90 valence electrons. The molecule has 0 bridgehead atoms. The van der Waals surface area contributed by atoms with E-state index in [1.54, 1.807) is 6.20 Å². The second-order valence-electron chi connectivity index (χ2n) is 4.60. The molecule has 1 heterocycles. The molecule has 2 aromatic rings. The van der Waals surface area contributed by atoms with Gasteiger partial charge in [0.2, 0.25) is 0 Å². The van der Waals surface area contributed by atoms with Crippen molar-refractivity contribution in [3.05, 3.63) is 65.5 Å². The van der Waals surface area contributed by atoms with Gasteiger partial charge in [-0.3, -0.25) is 4.98 Å². The van der Waals surface area contributed by atoms with Crippen molar-refractivity contribution in [1.82, 2.24) is 4.98 Å². The number of hydrogen-bond donors (Lipinski definition) is 0. The molecule has 1 aromatic heterocycles. The Bertz CT molecular complexity index is 555. The van der Waals surface area contributed by atoms with Crippen LogP contribution in [0.2, 0.25) is 0 Å². The molecule has 0 saturated heterocycles. The monoisotopic (exact) mass is 236 g/mol. The highest BCUT2D eigenvalue weighted by Gasteiger charge is 2.16. The molecule has 0 amide bonds. The van der Waals surface area contributed by atoms with Crippen LogP contribution in [0, 0.1) is 11.3 Å². The highest BCUT2D eigenvalue weighted by molar-refractivity contribution is 5.35.